The second-order valence-electron chi connectivity index (χ2n) is 5.47. The summed E-state index contributed by atoms with van der Waals surface area (Å²) < 4.78 is 0. The molecule has 5 heteroatoms. The highest BCUT2D eigenvalue weighted by Crippen LogP contribution is 2.32. The minimum absolute atomic E-state index is 0.201. The summed E-state index contributed by atoms with van der Waals surface area (Å²) in [7, 11) is 0. The molecule has 0 saturated carbocycles. The Hall–Kier alpha value is -2.04. The number of imide groups is 1. The van der Waals surface area contributed by atoms with Gasteiger partial charge in [-0.2, -0.15) is 0 Å². The van der Waals surface area contributed by atoms with Crippen LogP contribution < -0.4 is 0 Å². The average Bonchev–Trinajstić information content (AvgIpc) is 2.85. The maximum Gasteiger partial charge on any atom is 0.293 e. The van der Waals surface area contributed by atoms with Crippen LogP contribution in [0, 0.1) is 0 Å². The second kappa shape index (κ2) is 7.69. The number of rotatable bonds is 5. The predicted octanol–water partition coefficient (Wildman–Crippen LogP) is 5.01. The normalized spacial score (nSPS) is 16.2. The smallest absolute Gasteiger partial charge is 0.268 e. The topological polar surface area (TPSA) is 37.4 Å². The van der Waals surface area contributed by atoms with Crippen LogP contribution in [0.2, 0.25) is 5.02 Å². The van der Waals surface area contributed by atoms with Crippen molar-refractivity contribution in [2.45, 2.75) is 12.8 Å². The van der Waals surface area contributed by atoms with Gasteiger partial charge in [-0.05, 0) is 53.9 Å². The summed E-state index contributed by atoms with van der Waals surface area (Å²) in [5.74, 6) is -0.215. The molecule has 3 nitrogen and oxygen atoms in total. The number of carbonyl (C=O) groups excluding carboxylic acids is 2. The van der Waals surface area contributed by atoms with Gasteiger partial charge < -0.3 is 0 Å². The number of hydrogen-bond donors (Lipinski definition) is 0. The van der Waals surface area contributed by atoms with Crippen molar-refractivity contribution in [1.82, 2.24) is 4.90 Å². The van der Waals surface area contributed by atoms with Gasteiger partial charge in [-0.3, -0.25) is 14.5 Å². The highest BCUT2D eigenvalue weighted by Gasteiger charge is 2.34. The van der Waals surface area contributed by atoms with Gasteiger partial charge in [0.15, 0.2) is 0 Å². The first-order valence-electron chi connectivity index (χ1n) is 7.68. The first-order valence-corrected chi connectivity index (χ1v) is 8.88. The lowest BCUT2D eigenvalue weighted by Crippen LogP contribution is -2.29. The van der Waals surface area contributed by atoms with Crippen molar-refractivity contribution in [3.8, 4) is 0 Å². The second-order valence-corrected chi connectivity index (χ2v) is 6.90. The molecule has 2 amide bonds. The van der Waals surface area contributed by atoms with Gasteiger partial charge in [0, 0.05) is 11.6 Å². The van der Waals surface area contributed by atoms with Crippen molar-refractivity contribution in [2.24, 2.45) is 0 Å². The first kappa shape index (κ1) is 16.8. The summed E-state index contributed by atoms with van der Waals surface area (Å²) in [5.41, 5.74) is 2.07. The maximum atomic E-state index is 12.4. The van der Waals surface area contributed by atoms with E-state index in [0.29, 0.717) is 16.5 Å². The summed E-state index contributed by atoms with van der Waals surface area (Å²) >= 11 is 6.85. The Kier molecular flexibility index (Phi) is 5.38. The summed E-state index contributed by atoms with van der Waals surface area (Å²) in [6, 6.07) is 17.2. The van der Waals surface area contributed by atoms with Crippen LogP contribution in [0.25, 0.3) is 6.08 Å². The van der Waals surface area contributed by atoms with Crippen molar-refractivity contribution in [3.63, 3.8) is 0 Å². The van der Waals surface area contributed by atoms with Gasteiger partial charge in [-0.1, -0.05) is 54.1 Å². The lowest BCUT2D eigenvalue weighted by molar-refractivity contribution is -0.122. The van der Waals surface area contributed by atoms with Gasteiger partial charge in [0.25, 0.3) is 11.1 Å². The predicted molar refractivity (Wildman–Crippen MR) is 98.9 cm³/mol. The third kappa shape index (κ3) is 4.08. The van der Waals surface area contributed by atoms with Crippen molar-refractivity contribution in [3.05, 3.63) is 75.7 Å². The number of halogens is 1. The van der Waals surface area contributed by atoms with Gasteiger partial charge in [0.2, 0.25) is 0 Å². The minimum Gasteiger partial charge on any atom is -0.268 e. The van der Waals surface area contributed by atoms with E-state index in [1.165, 1.54) is 10.5 Å². The van der Waals surface area contributed by atoms with Crippen LogP contribution >= 0.6 is 23.4 Å². The van der Waals surface area contributed by atoms with Crippen LogP contribution in [0.1, 0.15) is 17.5 Å². The molecular weight excluding hydrogens is 342 g/mol. The van der Waals surface area contributed by atoms with Crippen LogP contribution in [0.5, 0.6) is 0 Å². The van der Waals surface area contributed by atoms with E-state index in [9.17, 15) is 9.59 Å². The molecule has 24 heavy (non-hydrogen) atoms. The van der Waals surface area contributed by atoms with Gasteiger partial charge in [0.05, 0.1) is 4.91 Å². The van der Waals surface area contributed by atoms with E-state index in [4.69, 9.17) is 11.6 Å². The SMILES string of the molecule is O=C1S/C(=C/c2ccc(Cl)cc2)C(=O)N1CCCc1ccccc1. The summed E-state index contributed by atoms with van der Waals surface area (Å²) in [6.45, 7) is 0.442. The molecule has 1 heterocycles. The molecule has 3 rings (SSSR count). The van der Waals surface area contributed by atoms with Crippen LogP contribution in [0.4, 0.5) is 4.79 Å². The highest BCUT2D eigenvalue weighted by atomic mass is 35.5. The van der Waals surface area contributed by atoms with Crippen LogP contribution in [0.15, 0.2) is 59.5 Å². The number of hydrogen-bond acceptors (Lipinski definition) is 3. The lowest BCUT2D eigenvalue weighted by atomic mass is 10.1. The molecule has 0 N–H and O–H groups in total. The molecule has 1 fully saturated rings. The molecule has 0 atom stereocenters. The van der Waals surface area contributed by atoms with E-state index in [1.807, 2.05) is 42.5 Å². The Morgan fingerprint density at radius 3 is 2.42 bits per heavy atom. The Morgan fingerprint density at radius 1 is 1.00 bits per heavy atom. The third-order valence-corrected chi connectivity index (χ3v) is 4.89. The first-order chi connectivity index (χ1) is 11.6. The van der Waals surface area contributed by atoms with Crippen molar-refractivity contribution >= 4 is 40.6 Å². The van der Waals surface area contributed by atoms with E-state index < -0.39 is 0 Å². The van der Waals surface area contributed by atoms with Gasteiger partial charge in [-0.25, -0.2) is 0 Å². The molecule has 1 aliphatic heterocycles. The monoisotopic (exact) mass is 357 g/mol. The average molecular weight is 358 g/mol. The van der Waals surface area contributed by atoms with Crippen molar-refractivity contribution in [2.75, 3.05) is 6.54 Å². The zero-order valence-electron chi connectivity index (χ0n) is 12.9. The molecular formula is C19H16ClNO2S. The number of aryl methyl sites for hydroxylation is 1. The van der Waals surface area contributed by atoms with Gasteiger partial charge in [-0.15, -0.1) is 0 Å². The Bertz CT molecular complexity index is 772. The largest absolute Gasteiger partial charge is 0.293 e. The van der Waals surface area contributed by atoms with E-state index in [0.717, 1.165) is 30.2 Å². The number of thioether (sulfide) groups is 1. The Labute approximate surface area is 150 Å². The lowest BCUT2D eigenvalue weighted by Gasteiger charge is -2.12. The number of amides is 2. The molecule has 0 spiro atoms. The number of carbonyl (C=O) groups is 2. The molecule has 0 bridgehead atoms. The quantitative estimate of drug-likeness (QED) is 0.706. The third-order valence-electron chi connectivity index (χ3n) is 3.73. The van der Waals surface area contributed by atoms with Crippen LogP contribution in [0.3, 0.4) is 0 Å². The van der Waals surface area contributed by atoms with Crippen molar-refractivity contribution in [1.29, 1.82) is 0 Å². The maximum absolute atomic E-state index is 12.4. The molecule has 122 valence electrons. The Morgan fingerprint density at radius 2 is 1.71 bits per heavy atom. The fraction of sp³-hybridized carbons (Fsp3) is 0.158. The van der Waals surface area contributed by atoms with Gasteiger partial charge >= 0.3 is 0 Å². The Balaban J connectivity index is 1.62. The summed E-state index contributed by atoms with van der Waals surface area (Å²) in [6.07, 6.45) is 3.34. The molecule has 1 saturated heterocycles. The molecule has 0 radical (unpaired) electrons. The van der Waals surface area contributed by atoms with Gasteiger partial charge in [0.1, 0.15) is 0 Å². The van der Waals surface area contributed by atoms with Crippen LogP contribution in [-0.2, 0) is 11.2 Å². The van der Waals surface area contributed by atoms with E-state index in [-0.39, 0.29) is 11.1 Å². The van der Waals surface area contributed by atoms with Crippen LogP contribution in [-0.4, -0.2) is 22.6 Å². The summed E-state index contributed by atoms with van der Waals surface area (Å²) in [5, 5.41) is 0.439. The van der Waals surface area contributed by atoms with E-state index in [2.05, 4.69) is 0 Å². The molecule has 2 aromatic rings. The standard InChI is InChI=1S/C19H16ClNO2S/c20-16-10-8-15(9-11-16)13-17-18(22)21(19(23)24-17)12-4-7-14-5-2-1-3-6-14/h1-3,5-6,8-11,13H,4,7,12H2/b17-13+. The molecule has 2 aromatic carbocycles. The molecule has 0 aliphatic carbocycles. The molecule has 1 aliphatic rings. The fourth-order valence-corrected chi connectivity index (χ4v) is 3.48. The molecule has 0 unspecified atom stereocenters. The zero-order chi connectivity index (χ0) is 16.9. The fourth-order valence-electron chi connectivity index (χ4n) is 2.49. The van der Waals surface area contributed by atoms with E-state index in [1.54, 1.807) is 18.2 Å². The highest BCUT2D eigenvalue weighted by molar-refractivity contribution is 8.18. The van der Waals surface area contributed by atoms with Crippen molar-refractivity contribution < 1.29 is 9.59 Å². The van der Waals surface area contributed by atoms with E-state index >= 15 is 0 Å². The summed E-state index contributed by atoms with van der Waals surface area (Å²) in [4.78, 5) is 26.3. The minimum atomic E-state index is -0.215. The zero-order valence-corrected chi connectivity index (χ0v) is 14.5. The number of benzene rings is 2. The molecule has 0 aromatic heterocycles. The number of nitrogens with zero attached hydrogens (tertiary/aromatic N) is 1.